The van der Waals surface area contributed by atoms with Gasteiger partial charge in [0.15, 0.2) is 0 Å². The zero-order chi connectivity index (χ0) is 13.2. The topological polar surface area (TPSA) is 72.3 Å². The normalized spacial score (nSPS) is 11.7. The Morgan fingerprint density at radius 2 is 1.94 bits per heavy atom. The Hall–Kier alpha value is -1.81. The molecule has 1 aromatic carbocycles. The Balaban J connectivity index is 2.06. The average molecular weight is 246 g/mol. The molecule has 2 rings (SSSR count). The average Bonchev–Trinajstić information content (AvgIpc) is 2.73. The molecular weight excluding hydrogens is 228 g/mol. The molecule has 0 spiro atoms. The molecule has 0 aliphatic rings. The number of aromatic nitrogens is 1. The summed E-state index contributed by atoms with van der Waals surface area (Å²) in [7, 11) is 0. The summed E-state index contributed by atoms with van der Waals surface area (Å²) in [6.07, 6.45) is 1.59. The Labute approximate surface area is 106 Å². The van der Waals surface area contributed by atoms with Crippen molar-refractivity contribution < 1.29 is 9.63 Å². The molecule has 1 heterocycles. The molecular formula is C14H18N2O2. The van der Waals surface area contributed by atoms with Crippen LogP contribution in [-0.2, 0) is 6.42 Å². The zero-order valence-corrected chi connectivity index (χ0v) is 10.7. The third-order valence-corrected chi connectivity index (χ3v) is 2.80. The first-order valence-electron chi connectivity index (χ1n) is 5.98. The maximum Gasteiger partial charge on any atom is 0.222 e. The molecule has 0 aliphatic carbocycles. The quantitative estimate of drug-likeness (QED) is 0.869. The van der Waals surface area contributed by atoms with Crippen molar-refractivity contribution >= 4 is 5.88 Å². The van der Waals surface area contributed by atoms with Crippen LogP contribution in [0.5, 0.6) is 0 Å². The highest BCUT2D eigenvalue weighted by molar-refractivity contribution is 5.61. The molecule has 4 heteroatoms. The van der Waals surface area contributed by atoms with E-state index >= 15 is 0 Å². The lowest BCUT2D eigenvalue weighted by Gasteiger charge is -2.16. The van der Waals surface area contributed by atoms with Crippen LogP contribution < -0.4 is 5.73 Å². The second-order valence-electron chi connectivity index (χ2n) is 5.12. The minimum Gasteiger partial charge on any atom is -0.390 e. The third-order valence-electron chi connectivity index (χ3n) is 2.80. The first kappa shape index (κ1) is 12.6. The SMILES string of the molecule is CC(C)(O)CCc1ccc(-c2cc(N)on2)cc1. The van der Waals surface area contributed by atoms with Gasteiger partial charge in [-0.25, -0.2) is 0 Å². The van der Waals surface area contributed by atoms with Crippen LogP contribution in [0.25, 0.3) is 11.3 Å². The van der Waals surface area contributed by atoms with Gasteiger partial charge in [0.2, 0.25) is 5.88 Å². The summed E-state index contributed by atoms with van der Waals surface area (Å²) in [5, 5.41) is 13.5. The molecule has 2 aromatic rings. The summed E-state index contributed by atoms with van der Waals surface area (Å²) in [5.41, 5.74) is 7.76. The van der Waals surface area contributed by atoms with Crippen molar-refractivity contribution in [2.45, 2.75) is 32.3 Å². The highest BCUT2D eigenvalue weighted by Gasteiger charge is 2.12. The maximum absolute atomic E-state index is 9.68. The van der Waals surface area contributed by atoms with Gasteiger partial charge in [-0.05, 0) is 32.3 Å². The van der Waals surface area contributed by atoms with Gasteiger partial charge < -0.3 is 15.4 Å². The van der Waals surface area contributed by atoms with Gasteiger partial charge in [-0.1, -0.05) is 29.4 Å². The van der Waals surface area contributed by atoms with E-state index in [1.54, 1.807) is 6.07 Å². The first-order chi connectivity index (χ1) is 8.44. The molecule has 0 aliphatic heterocycles. The van der Waals surface area contributed by atoms with Gasteiger partial charge in [0.05, 0.1) is 5.60 Å². The van der Waals surface area contributed by atoms with Crippen molar-refractivity contribution in [2.75, 3.05) is 5.73 Å². The summed E-state index contributed by atoms with van der Waals surface area (Å²) in [6, 6.07) is 9.73. The van der Waals surface area contributed by atoms with E-state index in [0.717, 1.165) is 24.1 Å². The number of nitrogens with zero attached hydrogens (tertiary/aromatic N) is 1. The van der Waals surface area contributed by atoms with Crippen molar-refractivity contribution in [2.24, 2.45) is 0 Å². The molecule has 1 aromatic heterocycles. The van der Waals surface area contributed by atoms with Gasteiger partial charge in [-0.2, -0.15) is 0 Å². The van der Waals surface area contributed by atoms with Gasteiger partial charge in [-0.3, -0.25) is 0 Å². The second-order valence-corrected chi connectivity index (χ2v) is 5.12. The maximum atomic E-state index is 9.68. The molecule has 0 radical (unpaired) electrons. The van der Waals surface area contributed by atoms with Crippen LogP contribution in [0.3, 0.4) is 0 Å². The van der Waals surface area contributed by atoms with Gasteiger partial charge in [0.1, 0.15) is 5.69 Å². The number of nitrogens with two attached hydrogens (primary N) is 1. The standard InChI is InChI=1S/C14H18N2O2/c1-14(2,17)8-7-10-3-5-11(6-4-10)12-9-13(15)18-16-12/h3-6,9,17H,7-8,15H2,1-2H3. The number of hydrogen-bond donors (Lipinski definition) is 2. The fourth-order valence-corrected chi connectivity index (χ4v) is 1.72. The molecule has 0 saturated heterocycles. The second kappa shape index (κ2) is 4.82. The fourth-order valence-electron chi connectivity index (χ4n) is 1.72. The van der Waals surface area contributed by atoms with Gasteiger partial charge in [0, 0.05) is 11.6 Å². The predicted molar refractivity (Wildman–Crippen MR) is 71.0 cm³/mol. The molecule has 0 fully saturated rings. The lowest BCUT2D eigenvalue weighted by molar-refractivity contribution is 0.0714. The molecule has 18 heavy (non-hydrogen) atoms. The first-order valence-corrected chi connectivity index (χ1v) is 5.98. The number of aliphatic hydroxyl groups is 1. The number of anilines is 1. The largest absolute Gasteiger partial charge is 0.390 e. The van der Waals surface area contributed by atoms with Gasteiger partial charge in [-0.15, -0.1) is 0 Å². The van der Waals surface area contributed by atoms with E-state index in [1.807, 2.05) is 38.1 Å². The third kappa shape index (κ3) is 3.34. The molecule has 96 valence electrons. The van der Waals surface area contributed by atoms with Crippen LogP contribution in [0, 0.1) is 0 Å². The summed E-state index contributed by atoms with van der Waals surface area (Å²) in [5.74, 6) is 0.316. The minimum absolute atomic E-state index is 0.316. The fraction of sp³-hybridized carbons (Fsp3) is 0.357. The van der Waals surface area contributed by atoms with Crippen LogP contribution >= 0.6 is 0 Å². The molecule has 0 amide bonds. The van der Waals surface area contributed by atoms with E-state index in [9.17, 15) is 5.11 Å². The van der Waals surface area contributed by atoms with Crippen molar-refractivity contribution in [1.82, 2.24) is 5.16 Å². The molecule has 0 unspecified atom stereocenters. The summed E-state index contributed by atoms with van der Waals surface area (Å²) < 4.78 is 4.84. The van der Waals surface area contributed by atoms with Crippen LogP contribution in [0.15, 0.2) is 34.9 Å². The van der Waals surface area contributed by atoms with Crippen LogP contribution in [0.1, 0.15) is 25.8 Å². The van der Waals surface area contributed by atoms with Crippen molar-refractivity contribution in [3.63, 3.8) is 0 Å². The minimum atomic E-state index is -0.626. The number of rotatable bonds is 4. The Morgan fingerprint density at radius 3 is 2.44 bits per heavy atom. The Morgan fingerprint density at radius 1 is 1.28 bits per heavy atom. The monoisotopic (exact) mass is 246 g/mol. The van der Waals surface area contributed by atoms with Crippen molar-refractivity contribution in [1.29, 1.82) is 0 Å². The summed E-state index contributed by atoms with van der Waals surface area (Å²) in [6.45, 7) is 3.64. The smallest absolute Gasteiger partial charge is 0.222 e. The van der Waals surface area contributed by atoms with Crippen LogP contribution in [0.4, 0.5) is 5.88 Å². The summed E-state index contributed by atoms with van der Waals surface area (Å²) >= 11 is 0. The van der Waals surface area contributed by atoms with Crippen molar-refractivity contribution in [3.05, 3.63) is 35.9 Å². The van der Waals surface area contributed by atoms with E-state index < -0.39 is 5.60 Å². The lowest BCUT2D eigenvalue weighted by Crippen LogP contribution is -2.19. The van der Waals surface area contributed by atoms with E-state index in [4.69, 9.17) is 10.3 Å². The number of benzene rings is 1. The molecule has 0 saturated carbocycles. The highest BCUT2D eigenvalue weighted by atomic mass is 16.5. The highest BCUT2D eigenvalue weighted by Crippen LogP contribution is 2.21. The Kier molecular flexibility index (Phi) is 3.39. The number of nitrogen functional groups attached to an aromatic ring is 1. The molecule has 0 atom stereocenters. The zero-order valence-electron chi connectivity index (χ0n) is 10.7. The lowest BCUT2D eigenvalue weighted by atomic mass is 9.98. The number of aryl methyl sites for hydroxylation is 1. The predicted octanol–water partition coefficient (Wildman–Crippen LogP) is 2.63. The van der Waals surface area contributed by atoms with Gasteiger partial charge in [0.25, 0.3) is 0 Å². The van der Waals surface area contributed by atoms with Crippen LogP contribution in [-0.4, -0.2) is 15.9 Å². The van der Waals surface area contributed by atoms with Gasteiger partial charge >= 0.3 is 0 Å². The molecule has 0 bridgehead atoms. The molecule has 3 N–H and O–H groups in total. The van der Waals surface area contributed by atoms with E-state index in [1.165, 1.54) is 5.56 Å². The summed E-state index contributed by atoms with van der Waals surface area (Å²) in [4.78, 5) is 0. The molecule has 4 nitrogen and oxygen atoms in total. The van der Waals surface area contributed by atoms with E-state index in [0.29, 0.717) is 5.88 Å². The van der Waals surface area contributed by atoms with E-state index in [2.05, 4.69) is 5.16 Å². The van der Waals surface area contributed by atoms with Crippen molar-refractivity contribution in [3.8, 4) is 11.3 Å². The van der Waals surface area contributed by atoms with Crippen LogP contribution in [0.2, 0.25) is 0 Å². The van der Waals surface area contributed by atoms with E-state index in [-0.39, 0.29) is 0 Å². The number of hydrogen-bond acceptors (Lipinski definition) is 4. The Bertz CT molecular complexity index is 509.